The zero-order valence-corrected chi connectivity index (χ0v) is 14.7. The molecule has 1 saturated carbocycles. The molecule has 2 aliphatic rings. The summed E-state index contributed by atoms with van der Waals surface area (Å²) in [6, 6.07) is 6.61. The van der Waals surface area contributed by atoms with E-state index < -0.39 is 5.54 Å². The van der Waals surface area contributed by atoms with Crippen molar-refractivity contribution in [2.24, 2.45) is 5.92 Å². The lowest BCUT2D eigenvalue weighted by Crippen LogP contribution is -2.54. The lowest BCUT2D eigenvalue weighted by atomic mass is 9.80. The molecule has 1 heterocycles. The lowest BCUT2D eigenvalue weighted by Gasteiger charge is -2.42. The third-order valence-corrected chi connectivity index (χ3v) is 5.17. The number of rotatable bonds is 6. The Hall–Kier alpha value is -1.95. The second-order valence-corrected chi connectivity index (χ2v) is 7.27. The smallest absolute Gasteiger partial charge is 0.234 e. The predicted molar refractivity (Wildman–Crippen MR) is 93.3 cm³/mol. The van der Waals surface area contributed by atoms with E-state index in [1.165, 1.54) is 25.8 Å². The van der Waals surface area contributed by atoms with Crippen molar-refractivity contribution in [1.82, 2.24) is 15.5 Å². The van der Waals surface area contributed by atoms with Gasteiger partial charge in [0, 0.05) is 32.1 Å². The number of nitrogens with zero attached hydrogens (tertiary/aromatic N) is 1. The maximum atomic E-state index is 14.3. The van der Waals surface area contributed by atoms with Gasteiger partial charge in [-0.3, -0.25) is 14.5 Å². The molecule has 0 atom stereocenters. The van der Waals surface area contributed by atoms with Crippen molar-refractivity contribution < 1.29 is 14.0 Å². The van der Waals surface area contributed by atoms with Crippen molar-refractivity contribution in [2.45, 2.75) is 38.1 Å². The summed E-state index contributed by atoms with van der Waals surface area (Å²) in [7, 11) is 0. The zero-order valence-electron chi connectivity index (χ0n) is 14.7. The van der Waals surface area contributed by atoms with Gasteiger partial charge in [0.1, 0.15) is 5.82 Å². The van der Waals surface area contributed by atoms with E-state index in [2.05, 4.69) is 15.5 Å². The summed E-state index contributed by atoms with van der Waals surface area (Å²) in [4.78, 5) is 25.8. The number of hydrogen-bond donors (Lipinski definition) is 2. The SMILES string of the molecule is CC(=O)NC1(c2ccccc2F)CCN(CC(=O)NCC2CC2)CC1. The van der Waals surface area contributed by atoms with Gasteiger partial charge in [0.25, 0.3) is 0 Å². The number of carbonyl (C=O) groups excluding carboxylic acids is 2. The number of hydrogen-bond acceptors (Lipinski definition) is 3. The average molecular weight is 347 g/mol. The molecule has 1 aromatic rings. The summed E-state index contributed by atoms with van der Waals surface area (Å²) in [5, 5.41) is 5.94. The second kappa shape index (κ2) is 7.52. The van der Waals surface area contributed by atoms with Crippen molar-refractivity contribution in [1.29, 1.82) is 0 Å². The van der Waals surface area contributed by atoms with Crippen LogP contribution in [0.3, 0.4) is 0 Å². The summed E-state index contributed by atoms with van der Waals surface area (Å²) < 4.78 is 14.3. The first kappa shape index (κ1) is 17.9. The fourth-order valence-electron chi connectivity index (χ4n) is 3.58. The average Bonchev–Trinajstić information content (AvgIpc) is 3.39. The van der Waals surface area contributed by atoms with Crippen LogP contribution >= 0.6 is 0 Å². The molecular weight excluding hydrogens is 321 g/mol. The highest BCUT2D eigenvalue weighted by molar-refractivity contribution is 5.78. The summed E-state index contributed by atoms with van der Waals surface area (Å²) in [6.45, 7) is 3.88. The van der Waals surface area contributed by atoms with Gasteiger partial charge in [0.05, 0.1) is 12.1 Å². The first-order valence-electron chi connectivity index (χ1n) is 9.01. The molecule has 0 aromatic heterocycles. The minimum atomic E-state index is -0.696. The molecule has 0 bridgehead atoms. The number of amides is 2. The third-order valence-electron chi connectivity index (χ3n) is 5.17. The molecule has 136 valence electrons. The van der Waals surface area contributed by atoms with Crippen LogP contribution < -0.4 is 10.6 Å². The van der Waals surface area contributed by atoms with Crippen molar-refractivity contribution in [3.8, 4) is 0 Å². The molecule has 0 radical (unpaired) electrons. The molecule has 5 nitrogen and oxygen atoms in total. The molecule has 2 amide bonds. The number of carbonyl (C=O) groups is 2. The molecule has 2 fully saturated rings. The number of likely N-dealkylation sites (tertiary alicyclic amines) is 1. The predicted octanol–water partition coefficient (Wildman–Crippen LogP) is 1.78. The van der Waals surface area contributed by atoms with Crippen LogP contribution in [0.5, 0.6) is 0 Å². The van der Waals surface area contributed by atoms with E-state index in [4.69, 9.17) is 0 Å². The summed E-state index contributed by atoms with van der Waals surface area (Å²) >= 11 is 0. The largest absolute Gasteiger partial charge is 0.355 e. The van der Waals surface area contributed by atoms with Crippen molar-refractivity contribution in [2.75, 3.05) is 26.2 Å². The molecule has 1 saturated heterocycles. The summed E-state index contributed by atoms with van der Waals surface area (Å²) in [5.74, 6) is 0.245. The Morgan fingerprint density at radius 3 is 2.52 bits per heavy atom. The molecule has 0 spiro atoms. The highest BCUT2D eigenvalue weighted by Crippen LogP contribution is 2.34. The van der Waals surface area contributed by atoms with E-state index in [0.717, 1.165) is 6.54 Å². The number of benzene rings is 1. The third kappa shape index (κ3) is 4.57. The Bertz CT molecular complexity index is 637. The molecule has 1 aliphatic heterocycles. The van der Waals surface area contributed by atoms with Gasteiger partial charge in [-0.25, -0.2) is 4.39 Å². The highest BCUT2D eigenvalue weighted by atomic mass is 19.1. The Balaban J connectivity index is 1.62. The zero-order chi connectivity index (χ0) is 17.9. The van der Waals surface area contributed by atoms with E-state index in [9.17, 15) is 14.0 Å². The first-order chi connectivity index (χ1) is 12.0. The normalized spacial score (nSPS) is 20.1. The lowest BCUT2D eigenvalue weighted by molar-refractivity contribution is -0.124. The van der Waals surface area contributed by atoms with Gasteiger partial charge in [-0.2, -0.15) is 0 Å². The molecule has 3 rings (SSSR count). The molecular formula is C19H26FN3O2. The van der Waals surface area contributed by atoms with Crippen molar-refractivity contribution >= 4 is 11.8 Å². The standard InChI is InChI=1S/C19H26FN3O2/c1-14(24)22-19(16-4-2-3-5-17(16)20)8-10-23(11-9-19)13-18(25)21-12-15-6-7-15/h2-5,15H,6-13H2,1H3,(H,21,25)(H,22,24). The van der Waals surface area contributed by atoms with Gasteiger partial charge in [0.2, 0.25) is 11.8 Å². The molecule has 25 heavy (non-hydrogen) atoms. The molecule has 2 N–H and O–H groups in total. The van der Waals surface area contributed by atoms with Gasteiger partial charge in [-0.1, -0.05) is 18.2 Å². The minimum Gasteiger partial charge on any atom is -0.355 e. The van der Waals surface area contributed by atoms with Crippen LogP contribution in [0.1, 0.15) is 38.2 Å². The maximum absolute atomic E-state index is 14.3. The monoisotopic (exact) mass is 347 g/mol. The van der Waals surface area contributed by atoms with Gasteiger partial charge in [0.15, 0.2) is 0 Å². The quantitative estimate of drug-likeness (QED) is 0.825. The van der Waals surface area contributed by atoms with Gasteiger partial charge in [-0.05, 0) is 37.7 Å². The molecule has 1 aromatic carbocycles. The van der Waals surface area contributed by atoms with E-state index in [-0.39, 0.29) is 17.6 Å². The van der Waals surface area contributed by atoms with E-state index in [1.807, 2.05) is 0 Å². The van der Waals surface area contributed by atoms with Crippen LogP contribution in [-0.2, 0) is 15.1 Å². The van der Waals surface area contributed by atoms with Crippen LogP contribution in [0, 0.1) is 11.7 Å². The number of halogens is 1. The highest BCUT2D eigenvalue weighted by Gasteiger charge is 2.39. The fourth-order valence-corrected chi connectivity index (χ4v) is 3.58. The maximum Gasteiger partial charge on any atom is 0.234 e. The Labute approximate surface area is 148 Å². The summed E-state index contributed by atoms with van der Waals surface area (Å²) in [6.07, 6.45) is 3.60. The topological polar surface area (TPSA) is 61.4 Å². The molecule has 1 aliphatic carbocycles. The second-order valence-electron chi connectivity index (χ2n) is 7.27. The molecule has 6 heteroatoms. The van der Waals surface area contributed by atoms with Crippen molar-refractivity contribution in [3.05, 3.63) is 35.6 Å². The van der Waals surface area contributed by atoms with E-state index in [0.29, 0.717) is 44.0 Å². The van der Waals surface area contributed by atoms with Crippen molar-refractivity contribution in [3.63, 3.8) is 0 Å². The van der Waals surface area contributed by atoms with Crippen LogP contribution in [0.2, 0.25) is 0 Å². The van der Waals surface area contributed by atoms with Gasteiger partial charge in [-0.15, -0.1) is 0 Å². The number of nitrogens with one attached hydrogen (secondary N) is 2. The van der Waals surface area contributed by atoms with Crippen LogP contribution in [0.15, 0.2) is 24.3 Å². The first-order valence-corrected chi connectivity index (χ1v) is 9.01. The van der Waals surface area contributed by atoms with Crippen LogP contribution in [0.25, 0.3) is 0 Å². The summed E-state index contributed by atoms with van der Waals surface area (Å²) in [5.41, 5.74) is -0.166. The van der Waals surface area contributed by atoms with Gasteiger partial charge >= 0.3 is 0 Å². The molecule has 0 unspecified atom stereocenters. The van der Waals surface area contributed by atoms with Crippen LogP contribution in [0.4, 0.5) is 4.39 Å². The van der Waals surface area contributed by atoms with E-state index >= 15 is 0 Å². The van der Waals surface area contributed by atoms with E-state index in [1.54, 1.807) is 18.2 Å². The Morgan fingerprint density at radius 2 is 1.92 bits per heavy atom. The fraction of sp³-hybridized carbons (Fsp3) is 0.579. The van der Waals surface area contributed by atoms with Gasteiger partial charge < -0.3 is 10.6 Å². The number of piperidine rings is 1. The minimum absolute atomic E-state index is 0.0461. The van der Waals surface area contributed by atoms with Crippen LogP contribution in [-0.4, -0.2) is 42.9 Å². The Morgan fingerprint density at radius 1 is 1.24 bits per heavy atom. The Kier molecular flexibility index (Phi) is 5.37.